The zero-order valence-electron chi connectivity index (χ0n) is 16.6. The van der Waals surface area contributed by atoms with Crippen molar-refractivity contribution in [3.05, 3.63) is 97.1 Å². The molecule has 0 saturated carbocycles. The lowest BCUT2D eigenvalue weighted by Gasteiger charge is -2.23. The third-order valence-electron chi connectivity index (χ3n) is 5.39. The minimum atomic E-state index is -0.885. The highest BCUT2D eigenvalue weighted by Crippen LogP contribution is 2.53. The van der Waals surface area contributed by atoms with Crippen LogP contribution in [-0.2, 0) is 0 Å². The van der Waals surface area contributed by atoms with Crippen LogP contribution in [0.1, 0.15) is 0 Å². The molecule has 0 radical (unpaired) electrons. The second-order valence-electron chi connectivity index (χ2n) is 7.26. The SMILES string of the molecule is c1ccc(P(c2ccccc2)[C@H]2Oc3cccc(-c4cccc5c4OCO5)c3O2)cc1. The van der Waals surface area contributed by atoms with E-state index >= 15 is 0 Å². The van der Waals surface area contributed by atoms with Crippen molar-refractivity contribution in [2.75, 3.05) is 6.79 Å². The summed E-state index contributed by atoms with van der Waals surface area (Å²) in [7, 11) is -0.885. The van der Waals surface area contributed by atoms with Gasteiger partial charge in [0.25, 0.3) is 6.03 Å². The van der Waals surface area contributed by atoms with E-state index in [0.29, 0.717) is 0 Å². The summed E-state index contributed by atoms with van der Waals surface area (Å²) < 4.78 is 24.2. The maximum Gasteiger partial charge on any atom is 0.266 e. The van der Waals surface area contributed by atoms with Gasteiger partial charge in [0.05, 0.1) is 0 Å². The summed E-state index contributed by atoms with van der Waals surface area (Å²) in [5.41, 5.74) is 1.89. The summed E-state index contributed by atoms with van der Waals surface area (Å²) in [5.74, 6) is 2.99. The average molecular weight is 426 g/mol. The minimum absolute atomic E-state index is 0.231. The first-order chi connectivity index (χ1) is 15.4. The Hall–Kier alpha value is -3.49. The molecule has 0 fully saturated rings. The largest absolute Gasteiger partial charge is 0.454 e. The highest BCUT2D eigenvalue weighted by atomic mass is 31.1. The molecule has 31 heavy (non-hydrogen) atoms. The zero-order valence-corrected chi connectivity index (χ0v) is 17.5. The quantitative estimate of drug-likeness (QED) is 0.417. The van der Waals surface area contributed by atoms with Crippen LogP contribution in [0.4, 0.5) is 0 Å². The summed E-state index contributed by atoms with van der Waals surface area (Å²) in [6, 6.07) is 32.4. The summed E-state index contributed by atoms with van der Waals surface area (Å²) in [6.45, 7) is 0.231. The van der Waals surface area contributed by atoms with Crippen LogP contribution in [0.2, 0.25) is 0 Å². The number of ether oxygens (including phenoxy) is 4. The molecule has 0 amide bonds. The molecule has 0 unspecified atom stereocenters. The lowest BCUT2D eigenvalue weighted by Crippen LogP contribution is -2.27. The maximum absolute atomic E-state index is 6.53. The fourth-order valence-corrected chi connectivity index (χ4v) is 6.19. The summed E-state index contributed by atoms with van der Waals surface area (Å²) in [5, 5.41) is 2.42. The summed E-state index contributed by atoms with van der Waals surface area (Å²) in [4.78, 5) is 0. The Morgan fingerprint density at radius 2 is 1.16 bits per heavy atom. The Bertz CT molecular complexity index is 1190. The monoisotopic (exact) mass is 426 g/mol. The van der Waals surface area contributed by atoms with Crippen LogP contribution in [-0.4, -0.2) is 12.8 Å². The van der Waals surface area contributed by atoms with Gasteiger partial charge in [0, 0.05) is 19.0 Å². The topological polar surface area (TPSA) is 36.9 Å². The third-order valence-corrected chi connectivity index (χ3v) is 7.73. The van der Waals surface area contributed by atoms with Gasteiger partial charge in [0.1, 0.15) is 0 Å². The fraction of sp³-hybridized carbons (Fsp3) is 0.0769. The van der Waals surface area contributed by atoms with Crippen molar-refractivity contribution in [2.24, 2.45) is 0 Å². The number of para-hydroxylation sites is 2. The van der Waals surface area contributed by atoms with Crippen molar-refractivity contribution in [1.29, 1.82) is 0 Å². The highest BCUT2D eigenvalue weighted by molar-refractivity contribution is 7.73. The number of hydrogen-bond donors (Lipinski definition) is 0. The molecule has 1 atom stereocenters. The first kappa shape index (κ1) is 18.3. The van der Waals surface area contributed by atoms with Crippen molar-refractivity contribution in [3.63, 3.8) is 0 Å². The molecule has 0 aromatic heterocycles. The van der Waals surface area contributed by atoms with Gasteiger partial charge in [-0.05, 0) is 22.7 Å². The van der Waals surface area contributed by atoms with Gasteiger partial charge < -0.3 is 18.9 Å². The van der Waals surface area contributed by atoms with E-state index in [0.717, 1.165) is 34.1 Å². The van der Waals surface area contributed by atoms with E-state index in [1.165, 1.54) is 10.6 Å². The van der Waals surface area contributed by atoms with E-state index in [2.05, 4.69) is 48.5 Å². The minimum Gasteiger partial charge on any atom is -0.454 e. The number of fused-ring (bicyclic) bond motifs is 2. The van der Waals surface area contributed by atoms with Crippen LogP contribution in [0.15, 0.2) is 97.1 Å². The second kappa shape index (κ2) is 7.64. The van der Waals surface area contributed by atoms with Crippen LogP contribution in [0, 0.1) is 0 Å². The smallest absolute Gasteiger partial charge is 0.266 e. The number of rotatable bonds is 4. The molecule has 0 N–H and O–H groups in total. The van der Waals surface area contributed by atoms with Crippen LogP contribution in [0.3, 0.4) is 0 Å². The Kier molecular flexibility index (Phi) is 4.51. The van der Waals surface area contributed by atoms with E-state index in [4.69, 9.17) is 18.9 Å². The molecule has 4 aromatic carbocycles. The van der Waals surface area contributed by atoms with Gasteiger partial charge in [-0.3, -0.25) is 0 Å². The summed E-state index contributed by atoms with van der Waals surface area (Å²) in [6.07, 6.45) is 0. The molecule has 152 valence electrons. The van der Waals surface area contributed by atoms with Gasteiger partial charge in [-0.25, -0.2) is 0 Å². The Balaban J connectivity index is 1.42. The van der Waals surface area contributed by atoms with Crippen molar-refractivity contribution < 1.29 is 18.9 Å². The third kappa shape index (κ3) is 3.20. The zero-order chi connectivity index (χ0) is 20.6. The first-order valence-corrected chi connectivity index (χ1v) is 11.5. The molecule has 2 aliphatic rings. The van der Waals surface area contributed by atoms with Crippen LogP contribution in [0.5, 0.6) is 23.0 Å². The van der Waals surface area contributed by atoms with E-state index < -0.39 is 14.0 Å². The van der Waals surface area contributed by atoms with Gasteiger partial charge >= 0.3 is 0 Å². The molecule has 4 nitrogen and oxygen atoms in total. The van der Waals surface area contributed by atoms with Gasteiger partial charge in [-0.2, -0.15) is 0 Å². The lowest BCUT2D eigenvalue weighted by molar-refractivity contribution is 0.132. The summed E-state index contributed by atoms with van der Waals surface area (Å²) >= 11 is 0. The average Bonchev–Trinajstić information content (AvgIpc) is 3.47. The predicted octanol–water partition coefficient (Wildman–Crippen LogP) is 5.27. The van der Waals surface area contributed by atoms with Crippen LogP contribution >= 0.6 is 7.92 Å². The Labute approximate surface area is 181 Å². The van der Waals surface area contributed by atoms with Crippen molar-refractivity contribution in [3.8, 4) is 34.1 Å². The molecule has 0 saturated heterocycles. The van der Waals surface area contributed by atoms with E-state index in [1.807, 2.05) is 48.5 Å². The van der Waals surface area contributed by atoms with Crippen LogP contribution in [0.25, 0.3) is 11.1 Å². The normalized spacial score (nSPS) is 16.0. The molecule has 5 heteroatoms. The molecule has 0 spiro atoms. The number of benzene rings is 4. The highest BCUT2D eigenvalue weighted by Gasteiger charge is 2.36. The predicted molar refractivity (Wildman–Crippen MR) is 122 cm³/mol. The molecule has 6 rings (SSSR count). The fourth-order valence-electron chi connectivity index (χ4n) is 3.99. The Morgan fingerprint density at radius 1 is 0.548 bits per heavy atom. The maximum atomic E-state index is 6.53. The second-order valence-corrected chi connectivity index (χ2v) is 9.45. The Morgan fingerprint density at radius 3 is 1.84 bits per heavy atom. The van der Waals surface area contributed by atoms with E-state index in [-0.39, 0.29) is 6.79 Å². The molecule has 0 bridgehead atoms. The van der Waals surface area contributed by atoms with Crippen LogP contribution < -0.4 is 29.6 Å². The molecular formula is C26H19O4P. The van der Waals surface area contributed by atoms with E-state index in [9.17, 15) is 0 Å². The van der Waals surface area contributed by atoms with Crippen molar-refractivity contribution >= 4 is 18.5 Å². The van der Waals surface area contributed by atoms with E-state index in [1.54, 1.807) is 0 Å². The molecule has 2 aliphatic heterocycles. The molecule has 2 heterocycles. The molecular weight excluding hydrogens is 407 g/mol. The van der Waals surface area contributed by atoms with Gasteiger partial charge in [-0.15, -0.1) is 0 Å². The number of hydrogen-bond acceptors (Lipinski definition) is 4. The van der Waals surface area contributed by atoms with Crippen molar-refractivity contribution in [2.45, 2.75) is 6.03 Å². The first-order valence-electron chi connectivity index (χ1n) is 10.1. The van der Waals surface area contributed by atoms with Gasteiger partial charge in [-0.1, -0.05) is 84.9 Å². The lowest BCUT2D eigenvalue weighted by atomic mass is 10.0. The van der Waals surface area contributed by atoms with Crippen molar-refractivity contribution in [1.82, 2.24) is 0 Å². The van der Waals surface area contributed by atoms with Gasteiger partial charge in [0.15, 0.2) is 23.0 Å². The molecule has 0 aliphatic carbocycles. The van der Waals surface area contributed by atoms with Gasteiger partial charge in [0.2, 0.25) is 6.79 Å². The molecule has 4 aromatic rings. The standard InChI is InChI=1S/C26H19O4P/c1-3-9-18(10-4-1)31(19-11-5-2-6-12-19)26-29-23-16-8-14-21(25(23)30-26)20-13-7-15-22-24(20)28-17-27-22/h1-16,26H,17H2/t26-/m0/s1.